The minimum Gasteiger partial charge on any atom is -0.351 e. The van der Waals surface area contributed by atoms with E-state index in [0.717, 1.165) is 0 Å². The molecule has 5 nitrogen and oxygen atoms in total. The van der Waals surface area contributed by atoms with E-state index >= 15 is 0 Å². The molecule has 0 aromatic heterocycles. The largest absolute Gasteiger partial charge is 0.351 e. The maximum absolute atomic E-state index is 11.8. The van der Waals surface area contributed by atoms with E-state index in [1.165, 1.54) is 13.8 Å². The number of Topliss-reactive ketones (excluding diaryl/α,β-unsaturated/α-hetero) is 1. The second kappa shape index (κ2) is 7.60. The second-order valence-electron chi connectivity index (χ2n) is 4.09. The number of carbonyl (C=O) groups is 3. The smallest absolute Gasteiger partial charge is 0.243 e. The third-order valence-electron chi connectivity index (χ3n) is 2.08. The fraction of sp³-hybridized carbons (Fsp3) is 0.583. The molecule has 0 saturated heterocycles. The molecule has 5 heteroatoms. The maximum Gasteiger partial charge on any atom is 0.243 e. The van der Waals surface area contributed by atoms with Gasteiger partial charge in [-0.1, -0.05) is 6.08 Å². The highest BCUT2D eigenvalue weighted by molar-refractivity contribution is 5.87. The SMILES string of the molecule is C=CCC(NC(C)=O)C(=O)N[C@@H](C)CC(C)=O. The molecule has 1 unspecified atom stereocenters. The molecule has 17 heavy (non-hydrogen) atoms. The van der Waals surface area contributed by atoms with Gasteiger partial charge in [0.2, 0.25) is 11.8 Å². The summed E-state index contributed by atoms with van der Waals surface area (Å²) in [5.41, 5.74) is 0. The minimum atomic E-state index is -0.626. The molecule has 0 rings (SSSR count). The normalized spacial score (nSPS) is 13.4. The van der Waals surface area contributed by atoms with Gasteiger partial charge in [-0.2, -0.15) is 0 Å². The fourth-order valence-corrected chi connectivity index (χ4v) is 1.47. The Morgan fingerprint density at radius 3 is 2.24 bits per heavy atom. The summed E-state index contributed by atoms with van der Waals surface area (Å²) in [6.07, 6.45) is 2.21. The Morgan fingerprint density at radius 1 is 1.24 bits per heavy atom. The molecule has 0 spiro atoms. The first-order valence-corrected chi connectivity index (χ1v) is 5.54. The van der Waals surface area contributed by atoms with Crippen LogP contribution in [0.15, 0.2) is 12.7 Å². The Bertz CT molecular complexity index is 313. The van der Waals surface area contributed by atoms with E-state index in [1.54, 1.807) is 13.0 Å². The van der Waals surface area contributed by atoms with Crippen LogP contribution >= 0.6 is 0 Å². The summed E-state index contributed by atoms with van der Waals surface area (Å²) in [4.78, 5) is 33.6. The van der Waals surface area contributed by atoms with Crippen molar-refractivity contribution in [2.75, 3.05) is 0 Å². The molecule has 0 saturated carbocycles. The van der Waals surface area contributed by atoms with Crippen LogP contribution in [0, 0.1) is 0 Å². The van der Waals surface area contributed by atoms with Crippen molar-refractivity contribution in [3.63, 3.8) is 0 Å². The van der Waals surface area contributed by atoms with Crippen molar-refractivity contribution in [1.29, 1.82) is 0 Å². The van der Waals surface area contributed by atoms with Crippen molar-refractivity contribution in [2.24, 2.45) is 0 Å². The van der Waals surface area contributed by atoms with Gasteiger partial charge in [-0.3, -0.25) is 14.4 Å². The molecule has 0 aromatic rings. The molecule has 0 fully saturated rings. The van der Waals surface area contributed by atoms with E-state index in [0.29, 0.717) is 6.42 Å². The summed E-state index contributed by atoms with van der Waals surface area (Å²) in [7, 11) is 0. The number of hydrogen-bond donors (Lipinski definition) is 2. The highest BCUT2D eigenvalue weighted by Gasteiger charge is 2.19. The number of carbonyl (C=O) groups excluding carboxylic acids is 3. The summed E-state index contributed by atoms with van der Waals surface area (Å²) in [6.45, 7) is 8.10. The molecular formula is C12H20N2O3. The van der Waals surface area contributed by atoms with Gasteiger partial charge in [-0.15, -0.1) is 6.58 Å². The van der Waals surface area contributed by atoms with Crippen molar-refractivity contribution in [3.8, 4) is 0 Å². The molecule has 0 aliphatic heterocycles. The van der Waals surface area contributed by atoms with Crippen molar-refractivity contribution in [1.82, 2.24) is 10.6 Å². The van der Waals surface area contributed by atoms with Gasteiger partial charge in [0.1, 0.15) is 11.8 Å². The molecule has 96 valence electrons. The zero-order valence-electron chi connectivity index (χ0n) is 10.6. The van der Waals surface area contributed by atoms with Gasteiger partial charge < -0.3 is 10.6 Å². The lowest BCUT2D eigenvalue weighted by Crippen LogP contribution is -2.48. The van der Waals surface area contributed by atoms with E-state index in [2.05, 4.69) is 17.2 Å². The number of hydrogen-bond acceptors (Lipinski definition) is 3. The molecule has 2 N–H and O–H groups in total. The van der Waals surface area contributed by atoms with Gasteiger partial charge in [-0.25, -0.2) is 0 Å². The van der Waals surface area contributed by atoms with Crippen molar-refractivity contribution in [2.45, 2.75) is 45.7 Å². The Morgan fingerprint density at radius 2 is 1.82 bits per heavy atom. The Kier molecular flexibility index (Phi) is 6.86. The molecule has 0 aliphatic carbocycles. The number of rotatable bonds is 7. The van der Waals surface area contributed by atoms with Crippen LogP contribution in [0.4, 0.5) is 0 Å². The summed E-state index contributed by atoms with van der Waals surface area (Å²) in [5.74, 6) is -0.558. The van der Waals surface area contributed by atoms with Crippen LogP contribution in [-0.4, -0.2) is 29.7 Å². The number of ketones is 1. The predicted octanol–water partition coefficient (Wildman–Crippen LogP) is 0.551. The Labute approximate surface area is 102 Å². The average Bonchev–Trinajstić information content (AvgIpc) is 2.14. The molecule has 0 aromatic carbocycles. The van der Waals surface area contributed by atoms with E-state index < -0.39 is 6.04 Å². The molecule has 2 amide bonds. The topological polar surface area (TPSA) is 75.3 Å². The predicted molar refractivity (Wildman–Crippen MR) is 65.3 cm³/mol. The van der Waals surface area contributed by atoms with Gasteiger partial charge in [-0.05, 0) is 20.3 Å². The first-order valence-electron chi connectivity index (χ1n) is 5.54. The molecular weight excluding hydrogens is 220 g/mol. The maximum atomic E-state index is 11.8. The highest BCUT2D eigenvalue weighted by Crippen LogP contribution is 1.97. The lowest BCUT2D eigenvalue weighted by atomic mass is 10.1. The molecule has 0 radical (unpaired) electrons. The second-order valence-corrected chi connectivity index (χ2v) is 4.09. The highest BCUT2D eigenvalue weighted by atomic mass is 16.2. The standard InChI is InChI=1S/C12H20N2O3/c1-5-6-11(14-10(4)16)12(17)13-8(2)7-9(3)15/h5,8,11H,1,6-7H2,2-4H3,(H,13,17)(H,14,16)/t8-,11?/m0/s1. The van der Waals surface area contributed by atoms with E-state index in [-0.39, 0.29) is 30.1 Å². The fourth-order valence-electron chi connectivity index (χ4n) is 1.47. The Balaban J connectivity index is 4.35. The summed E-state index contributed by atoms with van der Waals surface area (Å²) >= 11 is 0. The van der Waals surface area contributed by atoms with Crippen LogP contribution in [-0.2, 0) is 14.4 Å². The minimum absolute atomic E-state index is 0.0117. The van der Waals surface area contributed by atoms with E-state index in [9.17, 15) is 14.4 Å². The first kappa shape index (κ1) is 15.3. The van der Waals surface area contributed by atoms with Crippen LogP contribution in [0.3, 0.4) is 0 Å². The lowest BCUT2D eigenvalue weighted by molar-refractivity contribution is -0.128. The van der Waals surface area contributed by atoms with Crippen molar-refractivity contribution >= 4 is 17.6 Å². The number of nitrogens with one attached hydrogen (secondary N) is 2. The van der Waals surface area contributed by atoms with E-state index in [1.807, 2.05) is 0 Å². The molecule has 0 heterocycles. The van der Waals surface area contributed by atoms with Gasteiger partial charge in [0.25, 0.3) is 0 Å². The van der Waals surface area contributed by atoms with E-state index in [4.69, 9.17) is 0 Å². The van der Waals surface area contributed by atoms with Gasteiger partial charge in [0.15, 0.2) is 0 Å². The quantitative estimate of drug-likeness (QED) is 0.638. The molecule has 0 bridgehead atoms. The monoisotopic (exact) mass is 240 g/mol. The van der Waals surface area contributed by atoms with Crippen LogP contribution in [0.5, 0.6) is 0 Å². The zero-order chi connectivity index (χ0) is 13.4. The lowest BCUT2D eigenvalue weighted by Gasteiger charge is -2.19. The van der Waals surface area contributed by atoms with Gasteiger partial charge in [0.05, 0.1) is 0 Å². The van der Waals surface area contributed by atoms with Crippen LogP contribution in [0.2, 0.25) is 0 Å². The average molecular weight is 240 g/mol. The Hall–Kier alpha value is -1.65. The van der Waals surface area contributed by atoms with Crippen molar-refractivity contribution < 1.29 is 14.4 Å². The summed E-state index contributed by atoms with van der Waals surface area (Å²) in [5, 5.41) is 5.21. The first-order chi connectivity index (χ1) is 7.86. The molecule has 0 aliphatic rings. The van der Waals surface area contributed by atoms with Crippen LogP contribution < -0.4 is 10.6 Å². The number of amides is 2. The summed E-state index contributed by atoms with van der Waals surface area (Å²) < 4.78 is 0. The zero-order valence-corrected chi connectivity index (χ0v) is 10.6. The van der Waals surface area contributed by atoms with Crippen LogP contribution in [0.1, 0.15) is 33.6 Å². The van der Waals surface area contributed by atoms with Crippen LogP contribution in [0.25, 0.3) is 0 Å². The van der Waals surface area contributed by atoms with Gasteiger partial charge in [0, 0.05) is 19.4 Å². The van der Waals surface area contributed by atoms with Crippen molar-refractivity contribution in [3.05, 3.63) is 12.7 Å². The summed E-state index contributed by atoms with van der Waals surface area (Å²) in [6, 6.07) is -0.861. The third kappa shape index (κ3) is 7.27. The molecule has 2 atom stereocenters. The van der Waals surface area contributed by atoms with Gasteiger partial charge >= 0.3 is 0 Å². The third-order valence-corrected chi connectivity index (χ3v) is 2.08.